The summed E-state index contributed by atoms with van der Waals surface area (Å²) in [7, 11) is 0. The topological polar surface area (TPSA) is 37.4 Å². The molecule has 0 unspecified atom stereocenters. The number of nitrogens with zero attached hydrogens (tertiary/aromatic N) is 1. The van der Waals surface area contributed by atoms with Crippen LogP contribution in [0.2, 0.25) is 0 Å². The van der Waals surface area contributed by atoms with E-state index < -0.39 is 0 Å². The monoisotopic (exact) mass is 235 g/mol. The van der Waals surface area contributed by atoms with E-state index in [1.54, 1.807) is 10.8 Å². The molecule has 16 heavy (non-hydrogen) atoms. The lowest BCUT2D eigenvalue weighted by molar-refractivity contribution is 0.0652. The quantitative estimate of drug-likeness (QED) is 0.447. The van der Waals surface area contributed by atoms with E-state index in [4.69, 9.17) is 0 Å². The molecule has 2 amide bonds. The van der Waals surface area contributed by atoms with Crippen molar-refractivity contribution in [1.82, 2.24) is 4.90 Å². The molecule has 0 aromatic carbocycles. The van der Waals surface area contributed by atoms with Crippen LogP contribution in [0.3, 0.4) is 0 Å². The van der Waals surface area contributed by atoms with Gasteiger partial charge < -0.3 is 0 Å². The number of allylic oxidation sites excluding steroid dienone is 1. The smallest absolute Gasteiger partial charge is 0.262 e. The average Bonchev–Trinajstić information content (AvgIpc) is 2.83. The van der Waals surface area contributed by atoms with Crippen LogP contribution in [-0.4, -0.2) is 23.3 Å². The molecule has 2 rings (SSSR count). The molecular formula is C12H13NO2S. The van der Waals surface area contributed by atoms with Crippen LogP contribution in [0.25, 0.3) is 0 Å². The van der Waals surface area contributed by atoms with Crippen molar-refractivity contribution < 1.29 is 9.59 Å². The van der Waals surface area contributed by atoms with Gasteiger partial charge in [-0.1, -0.05) is 6.08 Å². The van der Waals surface area contributed by atoms with Crippen molar-refractivity contribution in [3.63, 3.8) is 0 Å². The number of imide groups is 1. The lowest BCUT2D eigenvalue weighted by Crippen LogP contribution is -2.30. The predicted octanol–water partition coefficient (Wildman–Crippen LogP) is 2.70. The Morgan fingerprint density at radius 1 is 1.19 bits per heavy atom. The maximum atomic E-state index is 11.8. The second-order valence-corrected chi connectivity index (χ2v) is 4.49. The number of carbonyl (C=O) groups excluding carboxylic acids is 2. The van der Waals surface area contributed by atoms with Crippen molar-refractivity contribution >= 4 is 23.2 Å². The maximum Gasteiger partial charge on any atom is 0.262 e. The molecular weight excluding hydrogens is 222 g/mol. The summed E-state index contributed by atoms with van der Waals surface area (Å²) in [4.78, 5) is 25.0. The first kappa shape index (κ1) is 11.1. The first-order valence-electron chi connectivity index (χ1n) is 5.29. The van der Waals surface area contributed by atoms with E-state index in [1.807, 2.05) is 6.08 Å². The van der Waals surface area contributed by atoms with Crippen molar-refractivity contribution in [3.05, 3.63) is 34.5 Å². The summed E-state index contributed by atoms with van der Waals surface area (Å²) in [6.45, 7) is 4.16. The molecule has 0 aliphatic carbocycles. The second kappa shape index (κ2) is 4.61. The molecule has 0 bridgehead atoms. The zero-order chi connectivity index (χ0) is 11.5. The molecule has 0 radical (unpaired) electrons. The number of unbranched alkanes of at least 4 members (excludes halogenated alkanes) is 2. The fourth-order valence-corrected chi connectivity index (χ4v) is 2.57. The third-order valence-electron chi connectivity index (χ3n) is 2.65. The summed E-state index contributed by atoms with van der Waals surface area (Å²) >= 11 is 1.40. The predicted molar refractivity (Wildman–Crippen MR) is 63.7 cm³/mol. The van der Waals surface area contributed by atoms with Gasteiger partial charge in [0.2, 0.25) is 0 Å². The Hall–Kier alpha value is -1.42. The van der Waals surface area contributed by atoms with E-state index >= 15 is 0 Å². The van der Waals surface area contributed by atoms with E-state index in [1.165, 1.54) is 16.2 Å². The van der Waals surface area contributed by atoms with Gasteiger partial charge in [0.25, 0.3) is 11.8 Å². The highest BCUT2D eigenvalue weighted by Crippen LogP contribution is 2.26. The van der Waals surface area contributed by atoms with Crippen molar-refractivity contribution in [2.45, 2.75) is 19.3 Å². The van der Waals surface area contributed by atoms with Crippen LogP contribution in [0.1, 0.15) is 40.0 Å². The number of amides is 2. The van der Waals surface area contributed by atoms with E-state index in [9.17, 15) is 9.59 Å². The number of hydrogen-bond acceptors (Lipinski definition) is 3. The Morgan fingerprint density at radius 3 is 2.38 bits per heavy atom. The molecule has 0 N–H and O–H groups in total. The molecule has 1 aromatic rings. The van der Waals surface area contributed by atoms with Gasteiger partial charge in [-0.3, -0.25) is 14.5 Å². The maximum absolute atomic E-state index is 11.8. The van der Waals surface area contributed by atoms with Crippen molar-refractivity contribution in [2.75, 3.05) is 6.54 Å². The third kappa shape index (κ3) is 1.80. The van der Waals surface area contributed by atoms with Gasteiger partial charge in [0.1, 0.15) is 0 Å². The van der Waals surface area contributed by atoms with Gasteiger partial charge in [-0.2, -0.15) is 11.3 Å². The van der Waals surface area contributed by atoms with Crippen LogP contribution in [0.5, 0.6) is 0 Å². The summed E-state index contributed by atoms with van der Waals surface area (Å²) in [5.74, 6) is -0.278. The second-order valence-electron chi connectivity index (χ2n) is 3.75. The number of hydrogen-bond donors (Lipinski definition) is 0. The normalized spacial score (nSPS) is 14.4. The fourth-order valence-electron chi connectivity index (χ4n) is 1.77. The Labute approximate surface area is 98.4 Å². The minimum Gasteiger partial charge on any atom is -0.274 e. The summed E-state index contributed by atoms with van der Waals surface area (Å²) in [6.07, 6.45) is 4.59. The van der Waals surface area contributed by atoms with Crippen molar-refractivity contribution in [1.29, 1.82) is 0 Å². The summed E-state index contributed by atoms with van der Waals surface area (Å²) in [5, 5.41) is 3.50. The minimum absolute atomic E-state index is 0.139. The molecule has 1 aliphatic rings. The minimum atomic E-state index is -0.139. The molecule has 0 saturated carbocycles. The first-order chi connectivity index (χ1) is 7.75. The zero-order valence-electron chi connectivity index (χ0n) is 8.94. The third-order valence-corrected chi connectivity index (χ3v) is 3.40. The van der Waals surface area contributed by atoms with Gasteiger partial charge in [-0.15, -0.1) is 6.58 Å². The molecule has 3 nitrogen and oxygen atoms in total. The molecule has 0 saturated heterocycles. The molecule has 4 heteroatoms. The molecule has 0 fully saturated rings. The highest BCUT2D eigenvalue weighted by Gasteiger charge is 2.35. The van der Waals surface area contributed by atoms with Crippen LogP contribution >= 0.6 is 11.3 Å². The fraction of sp³-hybridized carbons (Fsp3) is 0.333. The van der Waals surface area contributed by atoms with Crippen molar-refractivity contribution in [3.8, 4) is 0 Å². The van der Waals surface area contributed by atoms with Gasteiger partial charge >= 0.3 is 0 Å². The lowest BCUT2D eigenvalue weighted by atomic mass is 10.2. The Bertz CT molecular complexity index is 405. The molecule has 84 valence electrons. The molecule has 1 aliphatic heterocycles. The zero-order valence-corrected chi connectivity index (χ0v) is 9.76. The molecule has 0 atom stereocenters. The van der Waals surface area contributed by atoms with Gasteiger partial charge in [-0.25, -0.2) is 0 Å². The van der Waals surface area contributed by atoms with Gasteiger partial charge in [0.05, 0.1) is 11.1 Å². The molecule has 2 heterocycles. The van der Waals surface area contributed by atoms with Crippen LogP contribution in [-0.2, 0) is 0 Å². The van der Waals surface area contributed by atoms with Crippen molar-refractivity contribution in [2.24, 2.45) is 0 Å². The summed E-state index contributed by atoms with van der Waals surface area (Å²) < 4.78 is 0. The Balaban J connectivity index is 1.98. The Morgan fingerprint density at radius 2 is 1.81 bits per heavy atom. The number of fused-ring (bicyclic) bond motifs is 1. The van der Waals surface area contributed by atoms with Gasteiger partial charge in [0.15, 0.2) is 0 Å². The number of carbonyl (C=O) groups is 2. The van der Waals surface area contributed by atoms with Crippen LogP contribution in [0.4, 0.5) is 0 Å². The first-order valence-corrected chi connectivity index (χ1v) is 6.23. The Kier molecular flexibility index (Phi) is 3.19. The van der Waals surface area contributed by atoms with E-state index in [-0.39, 0.29) is 11.8 Å². The molecule has 0 spiro atoms. The van der Waals surface area contributed by atoms with Crippen LogP contribution < -0.4 is 0 Å². The van der Waals surface area contributed by atoms with Gasteiger partial charge in [0, 0.05) is 17.3 Å². The van der Waals surface area contributed by atoms with E-state index in [0.29, 0.717) is 17.7 Å². The van der Waals surface area contributed by atoms with E-state index in [2.05, 4.69) is 6.58 Å². The summed E-state index contributed by atoms with van der Waals surface area (Å²) in [5.41, 5.74) is 1.14. The average molecular weight is 235 g/mol. The summed E-state index contributed by atoms with van der Waals surface area (Å²) in [6, 6.07) is 0. The number of rotatable bonds is 5. The van der Waals surface area contributed by atoms with E-state index in [0.717, 1.165) is 19.3 Å². The lowest BCUT2D eigenvalue weighted by Gasteiger charge is -2.13. The molecule has 1 aromatic heterocycles. The van der Waals surface area contributed by atoms with Gasteiger partial charge in [-0.05, 0) is 19.3 Å². The highest BCUT2D eigenvalue weighted by molar-refractivity contribution is 7.08. The van der Waals surface area contributed by atoms with Crippen LogP contribution in [0, 0.1) is 0 Å². The number of thiophene rings is 1. The largest absolute Gasteiger partial charge is 0.274 e. The highest BCUT2D eigenvalue weighted by atomic mass is 32.1. The standard InChI is InChI=1S/C12H13NO2S/c1-2-3-4-5-6-13-11(14)9-7-16-8-10(9)12(13)15/h2,7-8H,1,3-6H2. The SMILES string of the molecule is C=CCCCCN1C(=O)c2cscc2C1=O. The van der Waals surface area contributed by atoms with Crippen LogP contribution in [0.15, 0.2) is 23.4 Å².